The van der Waals surface area contributed by atoms with Crippen LogP contribution in [0.4, 0.5) is 5.69 Å². The number of anilines is 1. The quantitative estimate of drug-likeness (QED) is 0.525. The lowest BCUT2D eigenvalue weighted by Crippen LogP contribution is -2.30. The first-order valence-electron chi connectivity index (χ1n) is 7.30. The predicted octanol–water partition coefficient (Wildman–Crippen LogP) is 3.97. The molecule has 0 bridgehead atoms. The van der Waals surface area contributed by atoms with Gasteiger partial charge in [0, 0.05) is 27.6 Å². The second-order valence-corrected chi connectivity index (χ2v) is 6.49. The molecule has 0 saturated heterocycles. The van der Waals surface area contributed by atoms with E-state index in [1.807, 2.05) is 24.3 Å². The van der Waals surface area contributed by atoms with E-state index in [1.165, 1.54) is 27.7 Å². The van der Waals surface area contributed by atoms with Crippen LogP contribution in [0.25, 0.3) is 10.9 Å². The van der Waals surface area contributed by atoms with Gasteiger partial charge in [0.2, 0.25) is 0 Å². The van der Waals surface area contributed by atoms with E-state index in [-0.39, 0.29) is 6.04 Å². The molecule has 2 aromatic carbocycles. The summed E-state index contributed by atoms with van der Waals surface area (Å²) in [5, 5.41) is 13.8. The van der Waals surface area contributed by atoms with Gasteiger partial charge in [-0.1, -0.05) is 28.1 Å². The molecule has 1 aliphatic heterocycles. The van der Waals surface area contributed by atoms with E-state index in [4.69, 9.17) is 5.21 Å². The van der Waals surface area contributed by atoms with Crippen LogP contribution in [0.15, 0.2) is 46.9 Å². The summed E-state index contributed by atoms with van der Waals surface area (Å²) in [6, 6.07) is 14.4. The van der Waals surface area contributed by atoms with Crippen molar-refractivity contribution in [1.29, 1.82) is 0 Å². The summed E-state index contributed by atoms with van der Waals surface area (Å²) < 4.78 is 1.11. The van der Waals surface area contributed by atoms with Gasteiger partial charge in [-0.15, -0.1) is 0 Å². The van der Waals surface area contributed by atoms with Crippen molar-refractivity contribution in [1.82, 2.24) is 10.3 Å². The summed E-state index contributed by atoms with van der Waals surface area (Å²) in [5.41, 5.74) is 7.86. The maximum absolute atomic E-state index is 8.94. The minimum Gasteiger partial charge on any atom is -0.357 e. The van der Waals surface area contributed by atoms with Crippen LogP contribution in [-0.2, 0) is 6.42 Å². The zero-order valence-corrected chi connectivity index (χ0v) is 13.4. The standard InChI is InChI=1S/C17H16BrN3O/c18-11-3-6-15-14(9-11)13-7-8-19-16(17(13)20-15)10-1-4-12(21-22)5-2-10/h1-6,9,16,19-22H,7-8H2. The fraction of sp³-hybridized carbons (Fsp3) is 0.176. The third kappa shape index (κ3) is 2.22. The Morgan fingerprint density at radius 3 is 2.73 bits per heavy atom. The Balaban J connectivity index is 1.82. The van der Waals surface area contributed by atoms with Gasteiger partial charge < -0.3 is 10.3 Å². The second-order valence-electron chi connectivity index (χ2n) is 5.58. The van der Waals surface area contributed by atoms with Crippen molar-refractivity contribution in [2.24, 2.45) is 0 Å². The minimum absolute atomic E-state index is 0.155. The smallest absolute Gasteiger partial charge is 0.0732 e. The number of hydrogen-bond acceptors (Lipinski definition) is 3. The highest BCUT2D eigenvalue weighted by molar-refractivity contribution is 9.10. The topological polar surface area (TPSA) is 60.1 Å². The third-order valence-corrected chi connectivity index (χ3v) is 4.78. The number of aromatic nitrogens is 1. The van der Waals surface area contributed by atoms with E-state index in [2.05, 4.69) is 49.9 Å². The van der Waals surface area contributed by atoms with Crippen LogP contribution in [-0.4, -0.2) is 16.7 Å². The van der Waals surface area contributed by atoms with Gasteiger partial charge in [-0.2, -0.15) is 0 Å². The molecule has 1 atom stereocenters. The Bertz CT molecular complexity index is 826. The van der Waals surface area contributed by atoms with E-state index in [0.717, 1.165) is 17.4 Å². The second kappa shape index (κ2) is 5.43. The normalized spacial score (nSPS) is 17.5. The summed E-state index contributed by atoms with van der Waals surface area (Å²) in [4.78, 5) is 3.57. The number of fused-ring (bicyclic) bond motifs is 3. The van der Waals surface area contributed by atoms with Crippen LogP contribution >= 0.6 is 15.9 Å². The molecule has 5 heteroatoms. The van der Waals surface area contributed by atoms with E-state index in [9.17, 15) is 0 Å². The lowest BCUT2D eigenvalue weighted by atomic mass is 9.94. The van der Waals surface area contributed by atoms with Crippen LogP contribution in [0.5, 0.6) is 0 Å². The maximum Gasteiger partial charge on any atom is 0.0732 e. The summed E-state index contributed by atoms with van der Waals surface area (Å²) >= 11 is 3.56. The van der Waals surface area contributed by atoms with Gasteiger partial charge in [0.05, 0.1) is 11.7 Å². The van der Waals surface area contributed by atoms with Gasteiger partial charge in [-0.3, -0.25) is 10.7 Å². The maximum atomic E-state index is 8.94. The van der Waals surface area contributed by atoms with Gasteiger partial charge in [0.1, 0.15) is 0 Å². The monoisotopic (exact) mass is 357 g/mol. The zero-order valence-electron chi connectivity index (χ0n) is 11.9. The lowest BCUT2D eigenvalue weighted by molar-refractivity contribution is 0.389. The Labute approximate surface area is 136 Å². The molecule has 0 saturated carbocycles. The van der Waals surface area contributed by atoms with Gasteiger partial charge in [-0.25, -0.2) is 0 Å². The first-order valence-corrected chi connectivity index (χ1v) is 8.09. The molecule has 2 heterocycles. The molecule has 22 heavy (non-hydrogen) atoms. The molecule has 0 fully saturated rings. The number of rotatable bonds is 2. The molecule has 0 aliphatic carbocycles. The van der Waals surface area contributed by atoms with Crippen LogP contribution in [0.1, 0.15) is 22.9 Å². The number of aromatic amines is 1. The number of benzene rings is 2. The van der Waals surface area contributed by atoms with Crippen molar-refractivity contribution in [3.8, 4) is 0 Å². The Hall–Kier alpha value is -1.82. The summed E-state index contributed by atoms with van der Waals surface area (Å²) in [7, 11) is 0. The molecule has 0 radical (unpaired) electrons. The zero-order chi connectivity index (χ0) is 15.1. The Kier molecular flexibility index (Phi) is 3.41. The molecular formula is C17H16BrN3O. The van der Waals surface area contributed by atoms with E-state index < -0.39 is 0 Å². The third-order valence-electron chi connectivity index (χ3n) is 4.29. The summed E-state index contributed by atoms with van der Waals surface area (Å²) in [5.74, 6) is 0. The number of halogens is 1. The largest absolute Gasteiger partial charge is 0.357 e. The van der Waals surface area contributed by atoms with Gasteiger partial charge in [0.25, 0.3) is 0 Å². The molecule has 4 N–H and O–H groups in total. The Morgan fingerprint density at radius 1 is 1.14 bits per heavy atom. The van der Waals surface area contributed by atoms with Crippen LogP contribution < -0.4 is 10.8 Å². The average molecular weight is 358 g/mol. The lowest BCUT2D eigenvalue weighted by Gasteiger charge is -2.25. The molecular weight excluding hydrogens is 342 g/mol. The molecule has 0 spiro atoms. The van der Waals surface area contributed by atoms with Gasteiger partial charge in [-0.05, 0) is 47.9 Å². The molecule has 112 valence electrons. The van der Waals surface area contributed by atoms with Crippen molar-refractivity contribution in [2.45, 2.75) is 12.5 Å². The molecule has 3 aromatic rings. The van der Waals surface area contributed by atoms with Crippen LogP contribution in [0, 0.1) is 0 Å². The first kappa shape index (κ1) is 13.8. The van der Waals surface area contributed by atoms with Crippen molar-refractivity contribution >= 4 is 32.5 Å². The van der Waals surface area contributed by atoms with Gasteiger partial charge >= 0.3 is 0 Å². The predicted molar refractivity (Wildman–Crippen MR) is 91.4 cm³/mol. The fourth-order valence-corrected chi connectivity index (χ4v) is 3.60. The van der Waals surface area contributed by atoms with Crippen molar-refractivity contribution in [3.05, 3.63) is 63.8 Å². The number of hydrogen-bond donors (Lipinski definition) is 4. The first-order chi connectivity index (χ1) is 10.8. The molecule has 1 unspecified atom stereocenters. The highest BCUT2D eigenvalue weighted by atomic mass is 79.9. The Morgan fingerprint density at radius 2 is 1.95 bits per heavy atom. The minimum atomic E-state index is 0.155. The molecule has 0 amide bonds. The highest BCUT2D eigenvalue weighted by Crippen LogP contribution is 2.34. The van der Waals surface area contributed by atoms with E-state index in [0.29, 0.717) is 5.69 Å². The summed E-state index contributed by atoms with van der Waals surface area (Å²) in [6.07, 6.45) is 1.03. The van der Waals surface area contributed by atoms with E-state index in [1.54, 1.807) is 0 Å². The van der Waals surface area contributed by atoms with E-state index >= 15 is 0 Å². The molecule has 1 aromatic heterocycles. The van der Waals surface area contributed by atoms with Crippen molar-refractivity contribution < 1.29 is 5.21 Å². The van der Waals surface area contributed by atoms with Gasteiger partial charge in [0.15, 0.2) is 0 Å². The van der Waals surface area contributed by atoms with Crippen LogP contribution in [0.2, 0.25) is 0 Å². The number of nitrogens with one attached hydrogen (secondary N) is 3. The average Bonchev–Trinajstić information content (AvgIpc) is 2.93. The molecule has 4 rings (SSSR count). The van der Waals surface area contributed by atoms with Crippen LogP contribution in [0.3, 0.4) is 0 Å². The highest BCUT2D eigenvalue weighted by Gasteiger charge is 2.25. The van der Waals surface area contributed by atoms with Crippen molar-refractivity contribution in [2.75, 3.05) is 12.0 Å². The molecule has 1 aliphatic rings. The SMILES string of the molecule is ONc1ccc(C2NCCc3c2[nH]c2ccc(Br)cc32)cc1. The molecule has 4 nitrogen and oxygen atoms in total. The number of H-pyrrole nitrogens is 1. The van der Waals surface area contributed by atoms with Crippen molar-refractivity contribution in [3.63, 3.8) is 0 Å². The fourth-order valence-electron chi connectivity index (χ4n) is 3.23. The summed E-state index contributed by atoms with van der Waals surface area (Å²) in [6.45, 7) is 0.955.